The molecule has 0 aliphatic heterocycles. The second-order valence-corrected chi connectivity index (χ2v) is 5.39. The van der Waals surface area contributed by atoms with Gasteiger partial charge in [-0.15, -0.1) is 0 Å². The van der Waals surface area contributed by atoms with E-state index < -0.39 is 0 Å². The molecular weight excluding hydrogens is 266 g/mol. The van der Waals surface area contributed by atoms with E-state index in [0.717, 1.165) is 11.4 Å². The zero-order chi connectivity index (χ0) is 15.1. The van der Waals surface area contributed by atoms with E-state index in [1.54, 1.807) is 31.2 Å². The molecule has 0 unspecified atom stereocenters. The molecule has 1 fully saturated rings. The molecule has 114 valence electrons. The summed E-state index contributed by atoms with van der Waals surface area (Å²) in [6.07, 6.45) is 5.29. The van der Waals surface area contributed by atoms with Gasteiger partial charge in [0, 0.05) is 23.8 Å². The van der Waals surface area contributed by atoms with Crippen molar-refractivity contribution in [2.75, 3.05) is 17.2 Å². The lowest BCUT2D eigenvalue weighted by Gasteiger charge is -2.12. The Bertz CT molecular complexity index is 479. The standard InChI is InChI=1S/C16H23N3O2/c1-2-15(20)18-13-7-9-14(10-8-13)19-16(21)11-17-12-5-3-4-6-12/h7-10,12,17H,2-6,11H2,1H3,(H,18,20)(H,19,21). The van der Waals surface area contributed by atoms with E-state index in [0.29, 0.717) is 19.0 Å². The normalized spacial score (nSPS) is 14.9. The molecule has 21 heavy (non-hydrogen) atoms. The summed E-state index contributed by atoms with van der Waals surface area (Å²) in [5.41, 5.74) is 1.48. The molecule has 2 rings (SSSR count). The molecule has 5 nitrogen and oxygen atoms in total. The summed E-state index contributed by atoms with van der Waals surface area (Å²) in [7, 11) is 0. The molecule has 0 radical (unpaired) electrons. The second kappa shape index (κ2) is 7.78. The average Bonchev–Trinajstić information content (AvgIpc) is 3.00. The van der Waals surface area contributed by atoms with Gasteiger partial charge in [-0.3, -0.25) is 9.59 Å². The van der Waals surface area contributed by atoms with Crippen molar-refractivity contribution < 1.29 is 9.59 Å². The van der Waals surface area contributed by atoms with Gasteiger partial charge in [0.25, 0.3) is 0 Å². The molecule has 0 atom stereocenters. The molecule has 2 amide bonds. The Morgan fingerprint density at radius 2 is 1.52 bits per heavy atom. The molecule has 1 aliphatic carbocycles. The van der Waals surface area contributed by atoms with Crippen LogP contribution >= 0.6 is 0 Å². The Morgan fingerprint density at radius 1 is 1.00 bits per heavy atom. The maximum atomic E-state index is 11.8. The number of nitrogens with one attached hydrogen (secondary N) is 3. The van der Waals surface area contributed by atoms with Gasteiger partial charge in [0.05, 0.1) is 6.54 Å². The zero-order valence-electron chi connectivity index (χ0n) is 12.4. The first-order chi connectivity index (χ1) is 10.2. The molecule has 0 bridgehead atoms. The van der Waals surface area contributed by atoms with Gasteiger partial charge in [-0.25, -0.2) is 0 Å². The van der Waals surface area contributed by atoms with E-state index >= 15 is 0 Å². The third-order valence-corrected chi connectivity index (χ3v) is 3.68. The van der Waals surface area contributed by atoms with Crippen LogP contribution in [0.2, 0.25) is 0 Å². The first-order valence-electron chi connectivity index (χ1n) is 7.60. The predicted molar refractivity (Wildman–Crippen MR) is 84.3 cm³/mol. The highest BCUT2D eigenvalue weighted by Gasteiger charge is 2.15. The Hall–Kier alpha value is -1.88. The molecule has 1 saturated carbocycles. The smallest absolute Gasteiger partial charge is 0.238 e. The fraction of sp³-hybridized carbons (Fsp3) is 0.500. The number of hydrogen-bond acceptors (Lipinski definition) is 3. The number of amides is 2. The largest absolute Gasteiger partial charge is 0.326 e. The first kappa shape index (κ1) is 15.5. The van der Waals surface area contributed by atoms with Gasteiger partial charge in [0.15, 0.2) is 0 Å². The van der Waals surface area contributed by atoms with Crippen molar-refractivity contribution in [3.8, 4) is 0 Å². The molecule has 1 aromatic carbocycles. The van der Waals surface area contributed by atoms with Crippen molar-refractivity contribution in [1.82, 2.24) is 5.32 Å². The maximum Gasteiger partial charge on any atom is 0.238 e. The summed E-state index contributed by atoms with van der Waals surface area (Å²) in [4.78, 5) is 23.1. The molecule has 0 heterocycles. The fourth-order valence-electron chi connectivity index (χ4n) is 2.46. The van der Waals surface area contributed by atoms with Crippen LogP contribution in [0.4, 0.5) is 11.4 Å². The van der Waals surface area contributed by atoms with Gasteiger partial charge in [0.2, 0.25) is 11.8 Å². The van der Waals surface area contributed by atoms with Crippen molar-refractivity contribution in [1.29, 1.82) is 0 Å². The molecule has 0 aromatic heterocycles. The van der Waals surface area contributed by atoms with Crippen LogP contribution in [-0.2, 0) is 9.59 Å². The van der Waals surface area contributed by atoms with Gasteiger partial charge in [-0.05, 0) is 37.1 Å². The Labute approximate surface area is 125 Å². The summed E-state index contributed by atoms with van der Waals surface area (Å²) in [5, 5.41) is 8.89. The van der Waals surface area contributed by atoms with Crippen molar-refractivity contribution in [3.05, 3.63) is 24.3 Å². The third kappa shape index (κ3) is 5.19. The van der Waals surface area contributed by atoms with Crippen molar-refractivity contribution >= 4 is 23.2 Å². The van der Waals surface area contributed by atoms with E-state index in [1.807, 2.05) is 0 Å². The van der Waals surface area contributed by atoms with Crippen LogP contribution in [0.5, 0.6) is 0 Å². The van der Waals surface area contributed by atoms with E-state index in [2.05, 4.69) is 16.0 Å². The van der Waals surface area contributed by atoms with Crippen molar-refractivity contribution in [2.24, 2.45) is 0 Å². The zero-order valence-corrected chi connectivity index (χ0v) is 12.4. The van der Waals surface area contributed by atoms with Crippen LogP contribution in [0.3, 0.4) is 0 Å². The van der Waals surface area contributed by atoms with Crippen molar-refractivity contribution in [2.45, 2.75) is 45.1 Å². The lowest BCUT2D eigenvalue weighted by atomic mass is 10.2. The summed E-state index contributed by atoms with van der Waals surface area (Å²) >= 11 is 0. The minimum atomic E-state index is -0.0350. The number of carbonyl (C=O) groups excluding carboxylic acids is 2. The Balaban J connectivity index is 1.76. The van der Waals surface area contributed by atoms with Crippen LogP contribution in [0, 0.1) is 0 Å². The minimum absolute atomic E-state index is 0.0208. The monoisotopic (exact) mass is 289 g/mol. The van der Waals surface area contributed by atoms with Gasteiger partial charge in [-0.2, -0.15) is 0 Å². The number of hydrogen-bond donors (Lipinski definition) is 3. The maximum absolute atomic E-state index is 11.8. The summed E-state index contributed by atoms with van der Waals surface area (Å²) < 4.78 is 0. The quantitative estimate of drug-likeness (QED) is 0.753. The van der Waals surface area contributed by atoms with Crippen LogP contribution < -0.4 is 16.0 Å². The number of carbonyl (C=O) groups is 2. The van der Waals surface area contributed by atoms with E-state index in [9.17, 15) is 9.59 Å². The molecule has 1 aromatic rings. The van der Waals surface area contributed by atoms with Crippen LogP contribution in [0.25, 0.3) is 0 Å². The first-order valence-corrected chi connectivity index (χ1v) is 7.60. The van der Waals surface area contributed by atoms with Crippen LogP contribution in [-0.4, -0.2) is 24.4 Å². The topological polar surface area (TPSA) is 70.2 Å². The van der Waals surface area contributed by atoms with Gasteiger partial charge < -0.3 is 16.0 Å². The summed E-state index contributed by atoms with van der Waals surface area (Å²) in [6.45, 7) is 2.15. The number of anilines is 2. The van der Waals surface area contributed by atoms with E-state index in [1.165, 1.54) is 25.7 Å². The predicted octanol–water partition coefficient (Wildman–Crippen LogP) is 2.51. The van der Waals surface area contributed by atoms with Crippen molar-refractivity contribution in [3.63, 3.8) is 0 Å². The van der Waals surface area contributed by atoms with Gasteiger partial charge in [-0.1, -0.05) is 19.8 Å². The van der Waals surface area contributed by atoms with Gasteiger partial charge in [0.1, 0.15) is 0 Å². The van der Waals surface area contributed by atoms with E-state index in [-0.39, 0.29) is 11.8 Å². The Kier molecular flexibility index (Phi) is 5.75. The molecule has 3 N–H and O–H groups in total. The molecule has 1 aliphatic rings. The molecule has 0 saturated heterocycles. The van der Waals surface area contributed by atoms with Crippen LogP contribution in [0.1, 0.15) is 39.0 Å². The highest BCUT2D eigenvalue weighted by Crippen LogP contribution is 2.17. The summed E-state index contributed by atoms with van der Waals surface area (Å²) in [5.74, 6) is -0.0557. The second-order valence-electron chi connectivity index (χ2n) is 5.39. The molecule has 5 heteroatoms. The SMILES string of the molecule is CCC(=O)Nc1ccc(NC(=O)CNC2CCCC2)cc1. The lowest BCUT2D eigenvalue weighted by molar-refractivity contribution is -0.116. The third-order valence-electron chi connectivity index (χ3n) is 3.68. The molecule has 0 spiro atoms. The molecular formula is C16H23N3O2. The average molecular weight is 289 g/mol. The lowest BCUT2D eigenvalue weighted by Crippen LogP contribution is -2.34. The fourth-order valence-corrected chi connectivity index (χ4v) is 2.46. The van der Waals surface area contributed by atoms with E-state index in [4.69, 9.17) is 0 Å². The van der Waals surface area contributed by atoms with Gasteiger partial charge >= 0.3 is 0 Å². The highest BCUT2D eigenvalue weighted by atomic mass is 16.2. The minimum Gasteiger partial charge on any atom is -0.326 e. The number of rotatable bonds is 6. The van der Waals surface area contributed by atoms with Crippen LogP contribution in [0.15, 0.2) is 24.3 Å². The Morgan fingerprint density at radius 3 is 2.05 bits per heavy atom. The number of benzene rings is 1. The summed E-state index contributed by atoms with van der Waals surface area (Å²) in [6, 6.07) is 7.64. The highest BCUT2D eigenvalue weighted by molar-refractivity contribution is 5.93.